The average molecular weight is 505 g/mol. The van der Waals surface area contributed by atoms with Gasteiger partial charge in [0, 0.05) is 5.92 Å². The van der Waals surface area contributed by atoms with Gasteiger partial charge in [0.05, 0.1) is 15.4 Å². The van der Waals surface area contributed by atoms with Crippen LogP contribution in [0.2, 0.25) is 0 Å². The van der Waals surface area contributed by atoms with Crippen molar-refractivity contribution in [2.24, 2.45) is 16.7 Å². The average Bonchev–Trinajstić information content (AvgIpc) is 3.12. The van der Waals surface area contributed by atoms with Crippen molar-refractivity contribution < 1.29 is 14.6 Å². The molecule has 1 aliphatic carbocycles. The molecule has 0 spiro atoms. The number of halogens is 2. The second-order valence-electron chi connectivity index (χ2n) is 7.38. The topological polar surface area (TPSA) is 70.3 Å². The standard InChI is InChI=1S/C22H19Br2NO3/c1-21(2)18(12-19(23)24)22(21,20(26)27)17(13-25)14-7-6-10-16(11-14)28-15-8-4-3-5-9-15/h3-12,17-18H,1-2H3,(H,26,27). The van der Waals surface area contributed by atoms with Crippen molar-refractivity contribution in [3.63, 3.8) is 0 Å². The van der Waals surface area contributed by atoms with Crippen molar-refractivity contribution in [1.29, 1.82) is 5.26 Å². The lowest BCUT2D eigenvalue weighted by Crippen LogP contribution is -2.28. The van der Waals surface area contributed by atoms with Crippen LogP contribution in [-0.4, -0.2) is 11.1 Å². The third kappa shape index (κ3) is 3.38. The molecule has 0 aliphatic heterocycles. The minimum Gasteiger partial charge on any atom is -0.481 e. The maximum atomic E-state index is 12.4. The van der Waals surface area contributed by atoms with Gasteiger partial charge in [0.2, 0.25) is 0 Å². The fraction of sp³-hybridized carbons (Fsp3) is 0.273. The largest absolute Gasteiger partial charge is 0.481 e. The van der Waals surface area contributed by atoms with Crippen LogP contribution in [0.5, 0.6) is 11.5 Å². The Bertz CT molecular complexity index is 961. The van der Waals surface area contributed by atoms with Gasteiger partial charge < -0.3 is 9.84 Å². The molecule has 1 fully saturated rings. The van der Waals surface area contributed by atoms with E-state index in [9.17, 15) is 15.2 Å². The number of rotatable bonds is 6. The Kier molecular flexibility index (Phi) is 5.69. The van der Waals surface area contributed by atoms with Gasteiger partial charge in [-0.3, -0.25) is 4.79 Å². The summed E-state index contributed by atoms with van der Waals surface area (Å²) in [5.41, 5.74) is -1.17. The minimum atomic E-state index is -1.22. The monoisotopic (exact) mass is 503 g/mol. The molecule has 6 heteroatoms. The Morgan fingerprint density at radius 2 is 1.82 bits per heavy atom. The molecule has 4 nitrogen and oxygen atoms in total. The summed E-state index contributed by atoms with van der Waals surface area (Å²) < 4.78 is 6.55. The van der Waals surface area contributed by atoms with E-state index in [2.05, 4.69) is 37.9 Å². The fourth-order valence-corrected chi connectivity index (χ4v) is 4.74. The number of hydrogen-bond donors (Lipinski definition) is 1. The summed E-state index contributed by atoms with van der Waals surface area (Å²) in [6.07, 6.45) is 1.82. The highest BCUT2D eigenvalue weighted by Crippen LogP contribution is 2.75. The van der Waals surface area contributed by atoms with E-state index in [4.69, 9.17) is 4.74 Å². The first-order valence-electron chi connectivity index (χ1n) is 8.73. The molecule has 0 radical (unpaired) electrons. The normalized spacial score (nSPS) is 23.2. The molecule has 0 bridgehead atoms. The van der Waals surface area contributed by atoms with E-state index < -0.39 is 22.7 Å². The number of hydrogen-bond acceptors (Lipinski definition) is 3. The molecule has 0 aromatic heterocycles. The predicted octanol–water partition coefficient (Wildman–Crippen LogP) is 6.44. The van der Waals surface area contributed by atoms with E-state index in [1.807, 2.05) is 50.3 Å². The van der Waals surface area contributed by atoms with Crippen LogP contribution >= 0.6 is 31.9 Å². The Balaban J connectivity index is 2.01. The van der Waals surface area contributed by atoms with Gasteiger partial charge in [0.15, 0.2) is 0 Å². The highest BCUT2D eigenvalue weighted by molar-refractivity contribution is 9.28. The molecule has 0 amide bonds. The molecular formula is C22H19Br2NO3. The molecule has 2 aromatic rings. The van der Waals surface area contributed by atoms with Gasteiger partial charge in [-0.05, 0) is 67.1 Å². The van der Waals surface area contributed by atoms with E-state index in [1.165, 1.54) is 0 Å². The summed E-state index contributed by atoms with van der Waals surface area (Å²) in [6.45, 7) is 3.78. The molecule has 3 unspecified atom stereocenters. The number of carbonyl (C=O) groups is 1. The number of nitrogens with zero attached hydrogens (tertiary/aromatic N) is 1. The van der Waals surface area contributed by atoms with Crippen LogP contribution in [0.1, 0.15) is 25.3 Å². The molecule has 28 heavy (non-hydrogen) atoms. The number of ether oxygens (including phenoxy) is 1. The maximum absolute atomic E-state index is 12.4. The first kappa shape index (κ1) is 20.6. The van der Waals surface area contributed by atoms with Gasteiger partial charge in [0.1, 0.15) is 16.9 Å². The zero-order valence-corrected chi connectivity index (χ0v) is 18.6. The van der Waals surface area contributed by atoms with Crippen molar-refractivity contribution in [2.45, 2.75) is 19.8 Å². The SMILES string of the molecule is CC1(C)C(C=C(Br)Br)C1(C(=O)O)C(C#N)c1cccc(Oc2ccccc2)c1. The number of para-hydroxylation sites is 1. The Morgan fingerprint density at radius 1 is 1.18 bits per heavy atom. The van der Waals surface area contributed by atoms with Crippen molar-refractivity contribution in [2.75, 3.05) is 0 Å². The molecule has 144 valence electrons. The lowest BCUT2D eigenvalue weighted by molar-refractivity contribution is -0.145. The first-order chi connectivity index (χ1) is 13.2. The summed E-state index contributed by atoms with van der Waals surface area (Å²) >= 11 is 6.65. The number of aliphatic carboxylic acids is 1. The maximum Gasteiger partial charge on any atom is 0.312 e. The molecule has 1 saturated carbocycles. The number of allylic oxidation sites excluding steroid dienone is 1. The zero-order chi connectivity index (χ0) is 20.5. The molecule has 0 saturated heterocycles. The Hall–Kier alpha value is -2.10. The number of carboxylic acids is 1. The Labute approximate surface area is 181 Å². The second-order valence-corrected chi connectivity index (χ2v) is 10.2. The van der Waals surface area contributed by atoms with Crippen molar-refractivity contribution in [3.05, 3.63) is 69.6 Å². The zero-order valence-electron chi connectivity index (χ0n) is 15.4. The number of nitriles is 1. The van der Waals surface area contributed by atoms with Gasteiger partial charge in [0.25, 0.3) is 0 Å². The highest BCUT2D eigenvalue weighted by atomic mass is 79.9. The third-order valence-electron chi connectivity index (χ3n) is 5.65. The molecule has 1 N–H and O–H groups in total. The minimum absolute atomic E-state index is 0.297. The van der Waals surface area contributed by atoms with Gasteiger partial charge in [-0.15, -0.1) is 0 Å². The number of carboxylic acid groups (broad SMARTS) is 1. The Morgan fingerprint density at radius 3 is 2.39 bits per heavy atom. The second kappa shape index (κ2) is 7.73. The van der Waals surface area contributed by atoms with Crippen LogP contribution in [0.15, 0.2) is 64.1 Å². The quantitative estimate of drug-likeness (QED) is 0.491. The van der Waals surface area contributed by atoms with Crippen molar-refractivity contribution in [3.8, 4) is 17.6 Å². The molecular weight excluding hydrogens is 486 g/mol. The van der Waals surface area contributed by atoms with E-state index in [-0.39, 0.29) is 5.92 Å². The van der Waals surface area contributed by atoms with E-state index in [1.54, 1.807) is 24.3 Å². The fourth-order valence-electron chi connectivity index (χ4n) is 4.21. The summed E-state index contributed by atoms with van der Waals surface area (Å²) in [5.74, 6) is -0.843. The van der Waals surface area contributed by atoms with Crippen molar-refractivity contribution >= 4 is 37.8 Å². The van der Waals surface area contributed by atoms with Crippen LogP contribution in [0.3, 0.4) is 0 Å². The summed E-state index contributed by atoms with van der Waals surface area (Å²) in [7, 11) is 0. The summed E-state index contributed by atoms with van der Waals surface area (Å²) in [5, 5.41) is 20.1. The van der Waals surface area contributed by atoms with E-state index in [0.29, 0.717) is 20.5 Å². The number of benzene rings is 2. The van der Waals surface area contributed by atoms with Crippen LogP contribution in [-0.2, 0) is 4.79 Å². The van der Waals surface area contributed by atoms with Gasteiger partial charge >= 0.3 is 5.97 Å². The molecule has 3 rings (SSSR count). The first-order valence-corrected chi connectivity index (χ1v) is 10.3. The summed E-state index contributed by atoms with van der Waals surface area (Å²) in [4.78, 5) is 12.4. The highest BCUT2D eigenvalue weighted by Gasteiger charge is 2.78. The predicted molar refractivity (Wildman–Crippen MR) is 115 cm³/mol. The lowest BCUT2D eigenvalue weighted by atomic mass is 9.78. The molecule has 0 heterocycles. The smallest absolute Gasteiger partial charge is 0.312 e. The van der Waals surface area contributed by atoms with Crippen LogP contribution < -0.4 is 4.74 Å². The van der Waals surface area contributed by atoms with Gasteiger partial charge in [-0.2, -0.15) is 5.26 Å². The van der Waals surface area contributed by atoms with Gasteiger partial charge in [-0.1, -0.05) is 50.3 Å². The molecule has 2 aromatic carbocycles. The molecule has 3 atom stereocenters. The third-order valence-corrected chi connectivity index (χ3v) is 6.18. The molecule has 1 aliphatic rings. The van der Waals surface area contributed by atoms with Crippen LogP contribution in [0.4, 0.5) is 0 Å². The lowest BCUT2D eigenvalue weighted by Gasteiger charge is -2.22. The van der Waals surface area contributed by atoms with Crippen LogP contribution in [0.25, 0.3) is 0 Å². The van der Waals surface area contributed by atoms with Gasteiger partial charge in [-0.25, -0.2) is 0 Å². The summed E-state index contributed by atoms with van der Waals surface area (Å²) in [6, 6.07) is 18.7. The van der Waals surface area contributed by atoms with Crippen molar-refractivity contribution in [1.82, 2.24) is 0 Å². The van der Waals surface area contributed by atoms with Crippen LogP contribution in [0, 0.1) is 28.1 Å². The van der Waals surface area contributed by atoms with E-state index >= 15 is 0 Å². The van der Waals surface area contributed by atoms with E-state index in [0.717, 1.165) is 0 Å².